The van der Waals surface area contributed by atoms with Crippen LogP contribution in [0.1, 0.15) is 0 Å². The molecule has 0 amide bonds. The van der Waals surface area contributed by atoms with Gasteiger partial charge >= 0.3 is 0 Å². The van der Waals surface area contributed by atoms with Crippen molar-refractivity contribution in [3.8, 4) is 28.0 Å². The zero-order chi connectivity index (χ0) is 22.2. The third-order valence-electron chi connectivity index (χ3n) is 5.43. The second kappa shape index (κ2) is 8.35. The molecule has 0 aliphatic rings. The lowest BCUT2D eigenvalue weighted by Crippen LogP contribution is -1.90. The highest BCUT2D eigenvalue weighted by Crippen LogP contribution is 2.41. The molecule has 0 unspecified atom stereocenters. The fraction of sp³-hybridized carbons (Fsp3) is 0. The van der Waals surface area contributed by atoms with E-state index in [1.165, 1.54) is 24.2 Å². The molecule has 160 valence electrons. The van der Waals surface area contributed by atoms with Gasteiger partial charge in [-0.2, -0.15) is 0 Å². The molecular formula is C26H16FN3OS2. The molecule has 1 N–H and O–H groups in total. The first kappa shape index (κ1) is 20.0. The lowest BCUT2D eigenvalue weighted by Gasteiger charge is -2.12. The minimum absolute atomic E-state index is 0.268. The van der Waals surface area contributed by atoms with Gasteiger partial charge in [-0.25, -0.2) is 9.37 Å². The van der Waals surface area contributed by atoms with Gasteiger partial charge in [-0.3, -0.25) is 4.98 Å². The van der Waals surface area contributed by atoms with Crippen LogP contribution in [0.25, 0.3) is 44.2 Å². The van der Waals surface area contributed by atoms with Gasteiger partial charge in [-0.15, -0.1) is 11.3 Å². The summed E-state index contributed by atoms with van der Waals surface area (Å²) in [4.78, 5) is 12.3. The van der Waals surface area contributed by atoms with Gasteiger partial charge in [0.15, 0.2) is 0 Å². The number of hydrogen-bond donors (Lipinski definition) is 1. The highest BCUT2D eigenvalue weighted by Gasteiger charge is 2.18. The summed E-state index contributed by atoms with van der Waals surface area (Å²) in [6.07, 6.45) is 5.39. The molecule has 0 saturated carbocycles. The quantitative estimate of drug-likeness (QED) is 0.263. The third-order valence-corrected chi connectivity index (χ3v) is 7.16. The van der Waals surface area contributed by atoms with Crippen molar-refractivity contribution in [3.63, 3.8) is 0 Å². The molecule has 0 fully saturated rings. The van der Waals surface area contributed by atoms with E-state index in [2.05, 4.69) is 9.97 Å². The summed E-state index contributed by atoms with van der Waals surface area (Å²) >= 11 is 2.99. The Balaban J connectivity index is 1.57. The van der Waals surface area contributed by atoms with E-state index in [1.807, 2.05) is 54.0 Å². The van der Waals surface area contributed by atoms with E-state index in [-0.39, 0.29) is 5.82 Å². The van der Waals surface area contributed by atoms with Crippen LogP contribution in [-0.4, -0.2) is 15.0 Å². The topological polar surface area (TPSA) is 50.8 Å². The molecule has 6 aromatic rings. The third kappa shape index (κ3) is 3.75. The number of fused-ring (bicyclic) bond motifs is 3. The summed E-state index contributed by atoms with van der Waals surface area (Å²) in [5.41, 5.74) is 5.60. The predicted molar refractivity (Wildman–Crippen MR) is 133 cm³/mol. The van der Waals surface area contributed by atoms with Crippen molar-refractivity contribution in [3.05, 3.63) is 96.5 Å². The Labute approximate surface area is 197 Å². The van der Waals surface area contributed by atoms with Crippen molar-refractivity contribution in [1.29, 1.82) is 0 Å². The van der Waals surface area contributed by atoms with E-state index >= 15 is 0 Å². The normalized spacial score (nSPS) is 11.3. The molecule has 0 spiro atoms. The summed E-state index contributed by atoms with van der Waals surface area (Å²) < 4.78 is 20.7. The minimum atomic E-state index is -0.268. The molecule has 4 heterocycles. The van der Waals surface area contributed by atoms with E-state index in [0.717, 1.165) is 54.1 Å². The van der Waals surface area contributed by atoms with Crippen molar-refractivity contribution in [2.24, 2.45) is 0 Å². The van der Waals surface area contributed by atoms with Crippen LogP contribution < -0.4 is 4.18 Å². The van der Waals surface area contributed by atoms with E-state index in [1.54, 1.807) is 35.9 Å². The molecule has 7 heteroatoms. The van der Waals surface area contributed by atoms with E-state index in [0.29, 0.717) is 0 Å². The zero-order valence-corrected chi connectivity index (χ0v) is 18.8. The van der Waals surface area contributed by atoms with Crippen LogP contribution in [0.15, 0.2) is 94.9 Å². The van der Waals surface area contributed by atoms with E-state index in [4.69, 9.17) is 9.17 Å². The van der Waals surface area contributed by atoms with Crippen molar-refractivity contribution in [1.82, 2.24) is 15.0 Å². The van der Waals surface area contributed by atoms with Crippen LogP contribution in [0, 0.1) is 5.82 Å². The van der Waals surface area contributed by atoms with Gasteiger partial charge in [-0.1, -0.05) is 18.2 Å². The number of aromatic amines is 1. The van der Waals surface area contributed by atoms with Gasteiger partial charge in [0.1, 0.15) is 33.5 Å². The average molecular weight is 470 g/mol. The maximum atomic E-state index is 13.6. The number of H-pyrrole nitrogens is 1. The molecule has 6 rings (SSSR count). The molecule has 0 aliphatic carbocycles. The molecule has 4 nitrogen and oxygen atoms in total. The first-order valence-corrected chi connectivity index (χ1v) is 11.9. The van der Waals surface area contributed by atoms with Gasteiger partial charge in [0.2, 0.25) is 0 Å². The van der Waals surface area contributed by atoms with Crippen LogP contribution in [-0.2, 0) is 0 Å². The highest BCUT2D eigenvalue weighted by molar-refractivity contribution is 7.97. The maximum Gasteiger partial charge on any atom is 0.138 e. The van der Waals surface area contributed by atoms with E-state index in [9.17, 15) is 4.39 Å². The summed E-state index contributed by atoms with van der Waals surface area (Å²) in [5, 5.41) is 4.03. The number of benzene rings is 2. The van der Waals surface area contributed by atoms with Crippen LogP contribution in [0.3, 0.4) is 0 Å². The summed E-state index contributed by atoms with van der Waals surface area (Å²) in [7, 11) is 0. The molecule has 0 bridgehead atoms. The van der Waals surface area contributed by atoms with Crippen molar-refractivity contribution in [2.45, 2.75) is 4.21 Å². The lowest BCUT2D eigenvalue weighted by molar-refractivity contribution is 0.628. The van der Waals surface area contributed by atoms with Gasteiger partial charge in [0.25, 0.3) is 0 Å². The Kier molecular flexibility index (Phi) is 5.05. The molecule has 0 saturated heterocycles. The second-order valence-electron chi connectivity index (χ2n) is 7.44. The van der Waals surface area contributed by atoms with Crippen molar-refractivity contribution < 1.29 is 8.57 Å². The first-order chi connectivity index (χ1) is 16.3. The second-order valence-corrected chi connectivity index (χ2v) is 9.42. The van der Waals surface area contributed by atoms with Crippen LogP contribution >= 0.6 is 23.4 Å². The van der Waals surface area contributed by atoms with E-state index < -0.39 is 0 Å². The molecule has 0 atom stereocenters. The minimum Gasteiger partial charge on any atom is -0.420 e. The number of nitrogens with one attached hydrogen (secondary N) is 1. The monoisotopic (exact) mass is 469 g/mol. The number of aromatic nitrogens is 3. The predicted octanol–water partition coefficient (Wildman–Crippen LogP) is 7.73. The fourth-order valence-electron chi connectivity index (χ4n) is 3.95. The Bertz CT molecular complexity index is 1560. The van der Waals surface area contributed by atoms with Gasteiger partial charge in [0.05, 0.1) is 0 Å². The molecular weight excluding hydrogens is 453 g/mol. The lowest BCUT2D eigenvalue weighted by atomic mass is 9.93. The molecule has 2 aromatic carbocycles. The number of rotatable bonds is 5. The number of pyridine rings is 2. The SMILES string of the molecule is Fc1ccc(-c2cnc3[nH]c4ccc(OSc5cccs5)cc4c3c2-c2ccncc2)cc1. The zero-order valence-electron chi connectivity index (χ0n) is 17.2. The Morgan fingerprint density at radius 3 is 2.58 bits per heavy atom. The number of thiophene rings is 1. The number of nitrogens with zero attached hydrogens (tertiary/aromatic N) is 2. The molecule has 0 aliphatic heterocycles. The summed E-state index contributed by atoms with van der Waals surface area (Å²) in [6.45, 7) is 0. The summed E-state index contributed by atoms with van der Waals surface area (Å²) in [5.74, 6) is 0.491. The van der Waals surface area contributed by atoms with Crippen molar-refractivity contribution >= 4 is 45.3 Å². The van der Waals surface area contributed by atoms with Crippen molar-refractivity contribution in [2.75, 3.05) is 0 Å². The maximum absolute atomic E-state index is 13.6. The summed E-state index contributed by atoms with van der Waals surface area (Å²) in [6, 6.07) is 20.5. The Hall–Kier alpha value is -3.68. The smallest absolute Gasteiger partial charge is 0.138 e. The van der Waals surface area contributed by atoms with Crippen LogP contribution in [0.4, 0.5) is 4.39 Å². The molecule has 0 radical (unpaired) electrons. The van der Waals surface area contributed by atoms with Gasteiger partial charge < -0.3 is 9.17 Å². The molecule has 4 aromatic heterocycles. The standard InChI is InChI=1S/C26H16FN3OS2/c27-18-5-3-16(4-6-18)21-15-29-26-25(24(21)17-9-11-28-12-10-17)20-14-19(7-8-22(20)30-26)31-33-23-2-1-13-32-23/h1-15H,(H,29,30). The highest BCUT2D eigenvalue weighted by atomic mass is 32.2. The Morgan fingerprint density at radius 2 is 1.79 bits per heavy atom. The average Bonchev–Trinajstić information content (AvgIpc) is 3.51. The largest absolute Gasteiger partial charge is 0.420 e. The molecule has 33 heavy (non-hydrogen) atoms. The van der Waals surface area contributed by atoms with Gasteiger partial charge in [0, 0.05) is 46.0 Å². The first-order valence-electron chi connectivity index (χ1n) is 10.2. The van der Waals surface area contributed by atoms with Gasteiger partial charge in [-0.05, 0) is 65.0 Å². The number of hydrogen-bond acceptors (Lipinski definition) is 5. The number of halogens is 1. The van der Waals surface area contributed by atoms with Crippen LogP contribution in [0.2, 0.25) is 0 Å². The Morgan fingerprint density at radius 1 is 0.939 bits per heavy atom. The van der Waals surface area contributed by atoms with Crippen LogP contribution in [0.5, 0.6) is 5.75 Å². The fourth-order valence-corrected chi connectivity index (χ4v) is 5.24.